The first-order chi connectivity index (χ1) is 9.43. The zero-order valence-electron chi connectivity index (χ0n) is 11.9. The molecule has 0 bridgehead atoms. The molecule has 0 unspecified atom stereocenters. The average molecular weight is 297 g/mol. The molecular formula is C15H19ClNO3+. The van der Waals surface area contributed by atoms with E-state index in [1.165, 1.54) is 6.07 Å². The van der Waals surface area contributed by atoms with Crippen LogP contribution in [-0.2, 0) is 13.0 Å². The van der Waals surface area contributed by atoms with E-state index in [-0.39, 0.29) is 5.75 Å². The van der Waals surface area contributed by atoms with E-state index in [2.05, 4.69) is 0 Å². The minimum Gasteiger partial charge on any atom is -0.506 e. The van der Waals surface area contributed by atoms with Crippen molar-refractivity contribution in [1.82, 2.24) is 0 Å². The largest absolute Gasteiger partial charge is 0.506 e. The number of aryl methyl sites for hydroxylation is 1. The lowest BCUT2D eigenvalue weighted by atomic mass is 10.0. The summed E-state index contributed by atoms with van der Waals surface area (Å²) in [4.78, 5) is 12.8. The molecular weight excluding hydrogens is 278 g/mol. The van der Waals surface area contributed by atoms with Gasteiger partial charge in [0.25, 0.3) is 0 Å². The first-order valence-corrected chi connectivity index (χ1v) is 7.08. The van der Waals surface area contributed by atoms with Crippen LogP contribution >= 0.6 is 11.6 Å². The van der Waals surface area contributed by atoms with Crippen LogP contribution in [0.2, 0.25) is 5.02 Å². The minimum absolute atomic E-state index is 0.00262. The van der Waals surface area contributed by atoms with E-state index in [1.54, 1.807) is 6.07 Å². The van der Waals surface area contributed by atoms with Crippen molar-refractivity contribution in [3.63, 3.8) is 0 Å². The number of hydrogen-bond donors (Lipinski definition) is 2. The third-order valence-electron chi connectivity index (χ3n) is 3.19. The number of aromatic hydroxyl groups is 1. The van der Waals surface area contributed by atoms with E-state index in [1.807, 2.05) is 21.0 Å². The molecule has 0 aliphatic carbocycles. The maximum atomic E-state index is 11.7. The Kier molecular flexibility index (Phi) is 4.35. The summed E-state index contributed by atoms with van der Waals surface area (Å²) in [5.74, 6) is -0.00262. The smallest absolute Gasteiger partial charge is 0.336 e. The van der Waals surface area contributed by atoms with Gasteiger partial charge in [0.2, 0.25) is 0 Å². The highest BCUT2D eigenvalue weighted by Crippen LogP contribution is 2.35. The second-order valence-electron chi connectivity index (χ2n) is 5.29. The summed E-state index contributed by atoms with van der Waals surface area (Å²) in [6.07, 6.45) is 1.70. The van der Waals surface area contributed by atoms with E-state index in [0.29, 0.717) is 22.7 Å². The lowest BCUT2D eigenvalue weighted by Crippen LogP contribution is -3.04. The van der Waals surface area contributed by atoms with Crippen molar-refractivity contribution in [2.45, 2.75) is 26.3 Å². The Bertz CT molecular complexity index is 692. The molecule has 2 rings (SSSR count). The van der Waals surface area contributed by atoms with Crippen molar-refractivity contribution < 1.29 is 14.4 Å². The number of nitrogens with one attached hydrogen (secondary N) is 1. The number of halogens is 1. The number of quaternary nitrogens is 1. The van der Waals surface area contributed by atoms with Crippen LogP contribution < -0.4 is 10.5 Å². The molecule has 0 saturated carbocycles. The molecule has 0 amide bonds. The molecule has 0 spiro atoms. The Balaban J connectivity index is 2.82. The monoisotopic (exact) mass is 296 g/mol. The van der Waals surface area contributed by atoms with Crippen LogP contribution in [0.3, 0.4) is 0 Å². The molecule has 0 fully saturated rings. The van der Waals surface area contributed by atoms with Gasteiger partial charge in [0.15, 0.2) is 5.58 Å². The van der Waals surface area contributed by atoms with E-state index in [0.717, 1.165) is 28.7 Å². The minimum atomic E-state index is -0.391. The second-order valence-corrected chi connectivity index (χ2v) is 5.69. The number of rotatable bonds is 4. The number of hydrogen-bond acceptors (Lipinski definition) is 3. The molecule has 2 N–H and O–H groups in total. The van der Waals surface area contributed by atoms with Crippen molar-refractivity contribution in [2.24, 2.45) is 0 Å². The summed E-state index contributed by atoms with van der Waals surface area (Å²) in [6, 6.07) is 3.18. The number of benzene rings is 1. The van der Waals surface area contributed by atoms with Gasteiger partial charge in [-0.1, -0.05) is 24.9 Å². The molecule has 1 aromatic carbocycles. The van der Waals surface area contributed by atoms with Crippen molar-refractivity contribution in [1.29, 1.82) is 0 Å². The number of fused-ring (bicyclic) bond motifs is 1. The molecule has 5 heteroatoms. The van der Waals surface area contributed by atoms with Gasteiger partial charge in [-0.3, -0.25) is 0 Å². The van der Waals surface area contributed by atoms with Gasteiger partial charge >= 0.3 is 5.63 Å². The summed E-state index contributed by atoms with van der Waals surface area (Å²) < 4.78 is 5.33. The van der Waals surface area contributed by atoms with Gasteiger partial charge in [0.1, 0.15) is 12.3 Å². The highest BCUT2D eigenvalue weighted by atomic mass is 35.5. The van der Waals surface area contributed by atoms with E-state index >= 15 is 0 Å². The van der Waals surface area contributed by atoms with Crippen LogP contribution in [-0.4, -0.2) is 19.2 Å². The maximum absolute atomic E-state index is 11.7. The van der Waals surface area contributed by atoms with Crippen molar-refractivity contribution in [3.05, 3.63) is 38.7 Å². The third-order valence-corrected chi connectivity index (χ3v) is 3.48. The molecule has 20 heavy (non-hydrogen) atoms. The van der Waals surface area contributed by atoms with Crippen molar-refractivity contribution >= 4 is 22.6 Å². The number of phenols is 1. The zero-order valence-corrected chi connectivity index (χ0v) is 12.7. The molecule has 0 saturated heterocycles. The van der Waals surface area contributed by atoms with Crippen molar-refractivity contribution in [2.75, 3.05) is 14.1 Å². The third kappa shape index (κ3) is 2.81. The standard InChI is InChI=1S/C15H18ClNO3/c1-4-5-9-6-13(18)20-15-10(9)7-12(16)14(19)11(15)8-17(2)3/h6-7,19H,4-5,8H2,1-3H3/p+1. The molecule has 4 nitrogen and oxygen atoms in total. The molecule has 0 radical (unpaired) electrons. The van der Waals surface area contributed by atoms with Gasteiger partial charge in [0.05, 0.1) is 24.7 Å². The predicted molar refractivity (Wildman–Crippen MR) is 79.7 cm³/mol. The SMILES string of the molecule is CCCc1cc(=O)oc2c(C[NH+](C)C)c(O)c(Cl)cc12. The Morgan fingerprint density at radius 3 is 2.65 bits per heavy atom. The van der Waals surface area contributed by atoms with Crippen LogP contribution in [0.4, 0.5) is 0 Å². The van der Waals surface area contributed by atoms with Crippen LogP contribution in [0.5, 0.6) is 5.75 Å². The fourth-order valence-electron chi connectivity index (χ4n) is 2.37. The van der Waals surface area contributed by atoms with Gasteiger partial charge in [-0.25, -0.2) is 4.79 Å². The Morgan fingerprint density at radius 1 is 1.35 bits per heavy atom. The topological polar surface area (TPSA) is 54.9 Å². The highest BCUT2D eigenvalue weighted by Gasteiger charge is 2.18. The molecule has 1 heterocycles. The van der Waals surface area contributed by atoms with Crippen LogP contribution in [0, 0.1) is 0 Å². The maximum Gasteiger partial charge on any atom is 0.336 e. The number of phenolic OH excluding ortho intramolecular Hbond substituents is 1. The summed E-state index contributed by atoms with van der Waals surface area (Å²) in [5, 5.41) is 11.3. The van der Waals surface area contributed by atoms with E-state index in [4.69, 9.17) is 16.0 Å². The molecule has 0 aliphatic rings. The predicted octanol–water partition coefficient (Wildman–Crippen LogP) is 1.75. The molecule has 108 valence electrons. The van der Waals surface area contributed by atoms with E-state index in [9.17, 15) is 9.90 Å². The van der Waals surface area contributed by atoms with Gasteiger partial charge in [-0.05, 0) is 18.1 Å². The summed E-state index contributed by atoms with van der Waals surface area (Å²) in [6.45, 7) is 2.58. The first kappa shape index (κ1) is 14.9. The van der Waals surface area contributed by atoms with E-state index < -0.39 is 5.63 Å². The lowest BCUT2D eigenvalue weighted by molar-refractivity contribution is -0.872. The van der Waals surface area contributed by atoms with Crippen LogP contribution in [0.25, 0.3) is 11.0 Å². The van der Waals surface area contributed by atoms with Crippen molar-refractivity contribution in [3.8, 4) is 5.75 Å². The molecule has 1 aromatic heterocycles. The van der Waals surface area contributed by atoms with Gasteiger partial charge in [-0.15, -0.1) is 0 Å². The summed E-state index contributed by atoms with van der Waals surface area (Å²) in [5.41, 5.74) is 1.56. The molecule has 0 atom stereocenters. The lowest BCUT2D eigenvalue weighted by Gasteiger charge is -2.13. The van der Waals surface area contributed by atoms with Gasteiger partial charge < -0.3 is 14.4 Å². The Hall–Kier alpha value is -1.52. The Labute approximate surface area is 122 Å². The molecule has 2 aromatic rings. The first-order valence-electron chi connectivity index (χ1n) is 6.70. The van der Waals surface area contributed by atoms with Crippen LogP contribution in [0.1, 0.15) is 24.5 Å². The quantitative estimate of drug-likeness (QED) is 0.845. The van der Waals surface area contributed by atoms with Crippen LogP contribution in [0.15, 0.2) is 21.3 Å². The fourth-order valence-corrected chi connectivity index (χ4v) is 2.60. The second kappa shape index (κ2) is 5.85. The Morgan fingerprint density at radius 2 is 2.05 bits per heavy atom. The zero-order chi connectivity index (χ0) is 14.9. The van der Waals surface area contributed by atoms with Gasteiger partial charge in [0, 0.05) is 11.5 Å². The summed E-state index contributed by atoms with van der Waals surface area (Å²) in [7, 11) is 3.92. The molecule has 0 aliphatic heterocycles. The fraction of sp³-hybridized carbons (Fsp3) is 0.400. The average Bonchev–Trinajstić information content (AvgIpc) is 2.36. The highest BCUT2D eigenvalue weighted by molar-refractivity contribution is 6.33. The summed E-state index contributed by atoms with van der Waals surface area (Å²) >= 11 is 6.11. The normalized spacial score (nSPS) is 11.4. The van der Waals surface area contributed by atoms with Gasteiger partial charge in [-0.2, -0.15) is 0 Å².